The van der Waals surface area contributed by atoms with Crippen LogP contribution in [0.15, 0.2) is 54.6 Å². The first-order valence-electron chi connectivity index (χ1n) is 10.6. The summed E-state index contributed by atoms with van der Waals surface area (Å²) in [5.74, 6) is -0.0363. The van der Waals surface area contributed by atoms with Crippen LogP contribution in [0, 0.1) is 5.92 Å². The maximum atomic E-state index is 13.1. The minimum Gasteiger partial charge on any atom is -0.445 e. The zero-order valence-corrected chi connectivity index (χ0v) is 17.4. The molecule has 4 heteroatoms. The molecular weight excluding hydrogens is 362 g/mol. The summed E-state index contributed by atoms with van der Waals surface area (Å²) >= 11 is 0. The van der Waals surface area contributed by atoms with Gasteiger partial charge in [-0.1, -0.05) is 68.8 Å². The second kappa shape index (κ2) is 7.66. The summed E-state index contributed by atoms with van der Waals surface area (Å²) in [6.07, 6.45) is 3.34. The Hall–Kier alpha value is -2.62. The number of hydrogen-bond donors (Lipinski definition) is 0. The molecule has 1 saturated carbocycles. The molecule has 2 aromatic rings. The third kappa shape index (κ3) is 3.45. The van der Waals surface area contributed by atoms with E-state index < -0.39 is 6.09 Å². The van der Waals surface area contributed by atoms with Crippen LogP contribution in [0.25, 0.3) is 0 Å². The third-order valence-electron chi connectivity index (χ3n) is 6.84. The lowest BCUT2D eigenvalue weighted by molar-refractivity contribution is -0.00703. The van der Waals surface area contributed by atoms with Gasteiger partial charge in [0.2, 0.25) is 0 Å². The van der Waals surface area contributed by atoms with Crippen LogP contribution < -0.4 is 0 Å². The molecule has 4 nitrogen and oxygen atoms in total. The fourth-order valence-electron chi connectivity index (χ4n) is 5.07. The standard InChI is InChI=1S/C25H29NO3/c1-17-19-13-7-8-14-20(19)23(27)26(17)24(28)29-22-16-10-9-15-21(22)25(2,3)18-11-5-4-6-12-18/h4-8,11-14,17,21-22H,9-10,15-16H2,1-3H3/t17-,21-,22-/m0/s1. The van der Waals surface area contributed by atoms with Gasteiger partial charge in [0.1, 0.15) is 6.10 Å². The minimum atomic E-state index is -0.514. The van der Waals surface area contributed by atoms with E-state index in [2.05, 4.69) is 38.1 Å². The molecule has 0 N–H and O–H groups in total. The van der Waals surface area contributed by atoms with Crippen LogP contribution >= 0.6 is 0 Å². The summed E-state index contributed by atoms with van der Waals surface area (Å²) in [5.41, 5.74) is 2.63. The molecule has 1 aliphatic carbocycles. The molecule has 1 heterocycles. The van der Waals surface area contributed by atoms with Gasteiger partial charge in [-0.25, -0.2) is 9.69 Å². The van der Waals surface area contributed by atoms with Gasteiger partial charge < -0.3 is 4.74 Å². The highest BCUT2D eigenvalue weighted by atomic mass is 16.6. The van der Waals surface area contributed by atoms with Gasteiger partial charge in [0.05, 0.1) is 6.04 Å². The van der Waals surface area contributed by atoms with Crippen molar-refractivity contribution in [2.45, 2.75) is 64.0 Å². The molecule has 4 rings (SSSR count). The fraction of sp³-hybridized carbons (Fsp3) is 0.440. The van der Waals surface area contributed by atoms with Gasteiger partial charge in [-0.2, -0.15) is 0 Å². The summed E-state index contributed by atoms with van der Waals surface area (Å²) in [6, 6.07) is 17.6. The van der Waals surface area contributed by atoms with Crippen molar-refractivity contribution in [3.05, 3.63) is 71.3 Å². The number of carbonyl (C=O) groups is 2. The summed E-state index contributed by atoms with van der Waals surface area (Å²) in [4.78, 5) is 27.2. The SMILES string of the molecule is C[C@H]1c2ccccc2C(=O)N1C(=O)O[C@H]1CCCC[C@@H]1C(C)(C)c1ccccc1. The highest BCUT2D eigenvalue weighted by Gasteiger charge is 2.44. The molecule has 1 aliphatic heterocycles. The topological polar surface area (TPSA) is 46.6 Å². The van der Waals surface area contributed by atoms with E-state index in [4.69, 9.17) is 4.74 Å². The first kappa shape index (κ1) is 19.7. The summed E-state index contributed by atoms with van der Waals surface area (Å²) in [7, 11) is 0. The molecule has 0 bridgehead atoms. The summed E-state index contributed by atoms with van der Waals surface area (Å²) in [5, 5.41) is 0. The monoisotopic (exact) mass is 391 g/mol. The molecule has 1 fully saturated rings. The van der Waals surface area contributed by atoms with Crippen molar-refractivity contribution in [2.75, 3.05) is 0 Å². The van der Waals surface area contributed by atoms with Crippen LogP contribution in [0.5, 0.6) is 0 Å². The Bertz CT molecular complexity index is 905. The number of nitrogens with zero attached hydrogens (tertiary/aromatic N) is 1. The summed E-state index contributed by atoms with van der Waals surface area (Å²) in [6.45, 7) is 6.36. The van der Waals surface area contributed by atoms with Gasteiger partial charge in [0, 0.05) is 11.5 Å². The van der Waals surface area contributed by atoms with Gasteiger partial charge in [-0.3, -0.25) is 4.79 Å². The molecule has 2 aromatic carbocycles. The maximum absolute atomic E-state index is 13.1. The van der Waals surface area contributed by atoms with Crippen LogP contribution in [0.1, 0.15) is 74.0 Å². The van der Waals surface area contributed by atoms with Crippen molar-refractivity contribution in [3.63, 3.8) is 0 Å². The summed E-state index contributed by atoms with van der Waals surface area (Å²) < 4.78 is 6.03. The van der Waals surface area contributed by atoms with Crippen LogP contribution in [-0.2, 0) is 10.2 Å². The molecule has 29 heavy (non-hydrogen) atoms. The second-order valence-electron chi connectivity index (χ2n) is 8.84. The van der Waals surface area contributed by atoms with E-state index in [9.17, 15) is 9.59 Å². The van der Waals surface area contributed by atoms with E-state index in [1.54, 1.807) is 6.07 Å². The number of imide groups is 1. The van der Waals surface area contributed by atoms with E-state index in [1.165, 1.54) is 10.5 Å². The highest BCUT2D eigenvalue weighted by molar-refractivity contribution is 6.07. The Morgan fingerprint density at radius 3 is 2.38 bits per heavy atom. The van der Waals surface area contributed by atoms with E-state index >= 15 is 0 Å². The average Bonchev–Trinajstić information content (AvgIpc) is 2.99. The van der Waals surface area contributed by atoms with Crippen LogP contribution in [0.2, 0.25) is 0 Å². The first-order valence-corrected chi connectivity index (χ1v) is 10.6. The van der Waals surface area contributed by atoms with Gasteiger partial charge in [-0.05, 0) is 48.8 Å². The molecule has 2 amide bonds. The number of amides is 2. The molecule has 0 spiro atoms. The third-order valence-corrected chi connectivity index (χ3v) is 6.84. The number of fused-ring (bicyclic) bond motifs is 1. The molecular formula is C25H29NO3. The molecule has 0 aromatic heterocycles. The predicted octanol–water partition coefficient (Wildman–Crippen LogP) is 5.88. The van der Waals surface area contributed by atoms with Gasteiger partial charge in [0.15, 0.2) is 0 Å². The molecule has 152 valence electrons. The zero-order chi connectivity index (χ0) is 20.6. The fourth-order valence-corrected chi connectivity index (χ4v) is 5.07. The Morgan fingerprint density at radius 1 is 1.00 bits per heavy atom. The Kier molecular flexibility index (Phi) is 5.20. The number of benzene rings is 2. The van der Waals surface area contributed by atoms with Crippen LogP contribution in [0.3, 0.4) is 0 Å². The Balaban J connectivity index is 1.55. The predicted molar refractivity (Wildman–Crippen MR) is 113 cm³/mol. The average molecular weight is 392 g/mol. The first-order chi connectivity index (χ1) is 13.9. The molecule has 0 radical (unpaired) electrons. The van der Waals surface area contributed by atoms with Gasteiger partial charge in [0.25, 0.3) is 5.91 Å². The highest BCUT2D eigenvalue weighted by Crippen LogP contribution is 2.43. The van der Waals surface area contributed by atoms with Crippen molar-refractivity contribution >= 4 is 12.0 Å². The number of carbonyl (C=O) groups excluding carboxylic acids is 2. The lowest BCUT2D eigenvalue weighted by atomic mass is 9.66. The van der Waals surface area contributed by atoms with E-state index in [0.717, 1.165) is 31.2 Å². The van der Waals surface area contributed by atoms with E-state index in [-0.39, 0.29) is 29.4 Å². The molecule has 0 unspecified atom stereocenters. The molecule has 2 aliphatic rings. The lowest BCUT2D eigenvalue weighted by Crippen LogP contribution is -2.44. The second-order valence-corrected chi connectivity index (χ2v) is 8.84. The Morgan fingerprint density at radius 2 is 1.66 bits per heavy atom. The quantitative estimate of drug-likeness (QED) is 0.657. The largest absolute Gasteiger partial charge is 0.445 e. The number of rotatable bonds is 3. The molecule has 0 saturated heterocycles. The lowest BCUT2D eigenvalue weighted by Gasteiger charge is -2.42. The van der Waals surface area contributed by atoms with Crippen molar-refractivity contribution in [2.24, 2.45) is 5.92 Å². The van der Waals surface area contributed by atoms with Gasteiger partial charge in [-0.15, -0.1) is 0 Å². The minimum absolute atomic E-state index is 0.115. The van der Waals surface area contributed by atoms with Crippen molar-refractivity contribution in [1.29, 1.82) is 0 Å². The zero-order valence-electron chi connectivity index (χ0n) is 17.4. The van der Waals surface area contributed by atoms with E-state index in [0.29, 0.717) is 5.56 Å². The smallest absolute Gasteiger partial charge is 0.417 e. The normalized spacial score (nSPS) is 24.3. The van der Waals surface area contributed by atoms with Crippen LogP contribution in [0.4, 0.5) is 4.79 Å². The molecule has 3 atom stereocenters. The maximum Gasteiger partial charge on any atom is 0.417 e. The Labute approximate surface area is 172 Å². The number of hydrogen-bond acceptors (Lipinski definition) is 3. The van der Waals surface area contributed by atoms with E-state index in [1.807, 2.05) is 31.2 Å². The van der Waals surface area contributed by atoms with Crippen molar-refractivity contribution in [3.8, 4) is 0 Å². The van der Waals surface area contributed by atoms with Crippen LogP contribution in [-0.4, -0.2) is 23.0 Å². The number of ether oxygens (including phenoxy) is 1. The van der Waals surface area contributed by atoms with Gasteiger partial charge >= 0.3 is 6.09 Å². The van der Waals surface area contributed by atoms with Crippen molar-refractivity contribution in [1.82, 2.24) is 4.90 Å². The van der Waals surface area contributed by atoms with Crippen molar-refractivity contribution < 1.29 is 14.3 Å².